The Kier molecular flexibility index (Phi) is 3.46. The Balaban J connectivity index is 1.97. The molecule has 2 heterocycles. The number of hydrogen-bond donors (Lipinski definition) is 2. The molecule has 0 aliphatic carbocycles. The number of piperidine rings is 1. The molecule has 86 valence electrons. The van der Waals surface area contributed by atoms with Gasteiger partial charge in [0.2, 0.25) is 0 Å². The highest BCUT2D eigenvalue weighted by molar-refractivity contribution is 5.94. The number of halogens is 1. The van der Waals surface area contributed by atoms with E-state index >= 15 is 0 Å². The molecule has 1 aromatic rings. The van der Waals surface area contributed by atoms with Crippen molar-refractivity contribution in [3.63, 3.8) is 0 Å². The van der Waals surface area contributed by atoms with E-state index in [0.29, 0.717) is 0 Å². The van der Waals surface area contributed by atoms with Gasteiger partial charge in [-0.15, -0.1) is 0 Å². The van der Waals surface area contributed by atoms with Crippen molar-refractivity contribution in [2.24, 2.45) is 0 Å². The number of carbonyl (C=O) groups excluding carboxylic acids is 1. The molecule has 1 aliphatic heterocycles. The average Bonchev–Trinajstić information content (AvgIpc) is 2.30. The number of carbonyl (C=O) groups is 1. The third kappa shape index (κ3) is 2.76. The molecule has 16 heavy (non-hydrogen) atoms. The van der Waals surface area contributed by atoms with Gasteiger partial charge in [-0.1, -0.05) is 0 Å². The highest BCUT2D eigenvalue weighted by Crippen LogP contribution is 2.05. The first-order chi connectivity index (χ1) is 7.75. The summed E-state index contributed by atoms with van der Waals surface area (Å²) < 4.78 is 12.9. The highest BCUT2D eigenvalue weighted by atomic mass is 19.1. The maximum atomic E-state index is 12.9. The molecule has 1 aliphatic rings. The quantitative estimate of drug-likeness (QED) is 0.776. The first-order valence-corrected chi connectivity index (χ1v) is 5.38. The van der Waals surface area contributed by atoms with Gasteiger partial charge in [-0.25, -0.2) is 4.39 Å². The lowest BCUT2D eigenvalue weighted by atomic mass is 10.1. The number of nitrogens with one attached hydrogen (secondary N) is 2. The van der Waals surface area contributed by atoms with Gasteiger partial charge in [0, 0.05) is 18.8 Å². The molecule has 0 saturated carbocycles. The second-order valence-electron chi connectivity index (χ2n) is 3.91. The molecule has 5 heteroatoms. The summed E-state index contributed by atoms with van der Waals surface area (Å²) in [5.74, 6) is -0.755. The SMILES string of the molecule is O=C(N[C@@H]1CCCNC1)c1cncc(F)c1. The van der Waals surface area contributed by atoms with Gasteiger partial charge in [-0.2, -0.15) is 0 Å². The van der Waals surface area contributed by atoms with Gasteiger partial charge in [0.1, 0.15) is 5.82 Å². The number of hydrogen-bond acceptors (Lipinski definition) is 3. The van der Waals surface area contributed by atoms with Crippen LogP contribution in [0.25, 0.3) is 0 Å². The molecule has 0 radical (unpaired) electrons. The van der Waals surface area contributed by atoms with Crippen LogP contribution in [0, 0.1) is 5.82 Å². The van der Waals surface area contributed by atoms with Gasteiger partial charge in [0.25, 0.3) is 5.91 Å². The summed E-state index contributed by atoms with van der Waals surface area (Å²) in [7, 11) is 0. The molecule has 1 fully saturated rings. The molecule has 0 bridgehead atoms. The summed E-state index contributed by atoms with van der Waals surface area (Å²) in [5.41, 5.74) is 0.269. The van der Waals surface area contributed by atoms with Crippen molar-refractivity contribution in [2.45, 2.75) is 18.9 Å². The molecular formula is C11H14FN3O. The minimum atomic E-state index is -0.491. The fraction of sp³-hybridized carbons (Fsp3) is 0.455. The van der Waals surface area contributed by atoms with Crippen molar-refractivity contribution >= 4 is 5.91 Å². The lowest BCUT2D eigenvalue weighted by Crippen LogP contribution is -2.45. The van der Waals surface area contributed by atoms with Gasteiger partial charge < -0.3 is 10.6 Å². The Bertz CT molecular complexity index is 377. The normalized spacial score (nSPS) is 20.4. The number of pyridine rings is 1. The van der Waals surface area contributed by atoms with Crippen LogP contribution in [0.3, 0.4) is 0 Å². The molecule has 4 nitrogen and oxygen atoms in total. The summed E-state index contributed by atoms with van der Waals surface area (Å²) in [6, 6.07) is 1.32. The summed E-state index contributed by atoms with van der Waals surface area (Å²) in [4.78, 5) is 15.4. The summed E-state index contributed by atoms with van der Waals surface area (Å²) in [6.07, 6.45) is 4.46. The Hall–Kier alpha value is -1.49. The molecule has 0 unspecified atom stereocenters. The van der Waals surface area contributed by atoms with E-state index in [9.17, 15) is 9.18 Å². The fourth-order valence-electron chi connectivity index (χ4n) is 1.78. The van der Waals surface area contributed by atoms with E-state index in [1.165, 1.54) is 12.3 Å². The second kappa shape index (κ2) is 5.03. The number of aromatic nitrogens is 1. The van der Waals surface area contributed by atoms with E-state index in [1.807, 2.05) is 0 Å². The fourth-order valence-corrected chi connectivity index (χ4v) is 1.78. The van der Waals surface area contributed by atoms with E-state index in [0.717, 1.165) is 32.1 Å². The lowest BCUT2D eigenvalue weighted by Gasteiger charge is -2.23. The predicted molar refractivity (Wildman–Crippen MR) is 57.6 cm³/mol. The van der Waals surface area contributed by atoms with E-state index in [-0.39, 0.29) is 17.5 Å². The Morgan fingerprint density at radius 3 is 3.12 bits per heavy atom. The largest absolute Gasteiger partial charge is 0.348 e. The van der Waals surface area contributed by atoms with Crippen LogP contribution >= 0.6 is 0 Å². The number of nitrogens with zero attached hydrogens (tertiary/aromatic N) is 1. The molecule has 1 atom stereocenters. The van der Waals surface area contributed by atoms with Gasteiger partial charge >= 0.3 is 0 Å². The molecule has 1 amide bonds. The van der Waals surface area contributed by atoms with Crippen molar-refractivity contribution < 1.29 is 9.18 Å². The van der Waals surface area contributed by atoms with Gasteiger partial charge in [-0.3, -0.25) is 9.78 Å². The third-order valence-corrected chi connectivity index (χ3v) is 2.60. The standard InChI is InChI=1S/C11H14FN3O/c12-9-4-8(5-14-6-9)11(16)15-10-2-1-3-13-7-10/h4-6,10,13H,1-3,7H2,(H,15,16)/t10-/m1/s1. The van der Waals surface area contributed by atoms with Crippen LogP contribution < -0.4 is 10.6 Å². The maximum Gasteiger partial charge on any atom is 0.253 e. The molecule has 1 saturated heterocycles. The monoisotopic (exact) mass is 223 g/mol. The molecule has 1 aromatic heterocycles. The number of rotatable bonds is 2. The summed E-state index contributed by atoms with van der Waals surface area (Å²) in [5, 5.41) is 6.05. The third-order valence-electron chi connectivity index (χ3n) is 2.60. The van der Waals surface area contributed by atoms with Crippen molar-refractivity contribution in [1.82, 2.24) is 15.6 Å². The number of amides is 1. The molecule has 2 rings (SSSR count). The molecule has 0 spiro atoms. The zero-order chi connectivity index (χ0) is 11.4. The van der Waals surface area contributed by atoms with E-state index in [2.05, 4.69) is 15.6 Å². The average molecular weight is 223 g/mol. The predicted octanol–water partition coefficient (Wildman–Crippen LogP) is 0.702. The Morgan fingerprint density at radius 1 is 1.56 bits per heavy atom. The highest BCUT2D eigenvalue weighted by Gasteiger charge is 2.16. The first kappa shape index (κ1) is 11.0. The first-order valence-electron chi connectivity index (χ1n) is 5.38. The van der Waals surface area contributed by atoms with Crippen molar-refractivity contribution in [2.75, 3.05) is 13.1 Å². The Labute approximate surface area is 93.3 Å². The van der Waals surface area contributed by atoms with Gasteiger partial charge in [-0.05, 0) is 25.5 Å². The van der Waals surface area contributed by atoms with Crippen LogP contribution in [0.1, 0.15) is 23.2 Å². The van der Waals surface area contributed by atoms with Crippen LogP contribution in [0.5, 0.6) is 0 Å². The molecule has 0 aromatic carbocycles. The minimum absolute atomic E-state index is 0.129. The Morgan fingerprint density at radius 2 is 2.44 bits per heavy atom. The van der Waals surface area contributed by atoms with Crippen LogP contribution in [0.4, 0.5) is 4.39 Å². The van der Waals surface area contributed by atoms with Crippen LogP contribution in [-0.2, 0) is 0 Å². The van der Waals surface area contributed by atoms with E-state index < -0.39 is 5.82 Å². The van der Waals surface area contributed by atoms with Crippen molar-refractivity contribution in [1.29, 1.82) is 0 Å². The molecular weight excluding hydrogens is 209 g/mol. The molecule has 2 N–H and O–H groups in total. The van der Waals surface area contributed by atoms with Crippen LogP contribution in [0.15, 0.2) is 18.5 Å². The van der Waals surface area contributed by atoms with E-state index in [1.54, 1.807) is 0 Å². The maximum absolute atomic E-state index is 12.9. The summed E-state index contributed by atoms with van der Waals surface area (Å²) >= 11 is 0. The van der Waals surface area contributed by atoms with Crippen LogP contribution in [0.2, 0.25) is 0 Å². The van der Waals surface area contributed by atoms with Crippen molar-refractivity contribution in [3.05, 3.63) is 29.8 Å². The second-order valence-corrected chi connectivity index (χ2v) is 3.91. The van der Waals surface area contributed by atoms with E-state index in [4.69, 9.17) is 0 Å². The lowest BCUT2D eigenvalue weighted by molar-refractivity contribution is 0.0930. The smallest absolute Gasteiger partial charge is 0.253 e. The van der Waals surface area contributed by atoms with Gasteiger partial charge in [0.05, 0.1) is 11.8 Å². The van der Waals surface area contributed by atoms with Crippen LogP contribution in [-0.4, -0.2) is 30.0 Å². The summed E-state index contributed by atoms with van der Waals surface area (Å²) in [6.45, 7) is 1.77. The van der Waals surface area contributed by atoms with Gasteiger partial charge in [0.15, 0.2) is 0 Å². The zero-order valence-electron chi connectivity index (χ0n) is 8.87. The van der Waals surface area contributed by atoms with Crippen molar-refractivity contribution in [3.8, 4) is 0 Å². The zero-order valence-corrected chi connectivity index (χ0v) is 8.87. The topological polar surface area (TPSA) is 54.0 Å². The minimum Gasteiger partial charge on any atom is -0.348 e.